The van der Waals surface area contributed by atoms with Crippen LogP contribution < -0.4 is 5.73 Å². The molecule has 0 aliphatic heterocycles. The van der Waals surface area contributed by atoms with Crippen LogP contribution >= 0.6 is 22.6 Å². The summed E-state index contributed by atoms with van der Waals surface area (Å²) in [7, 11) is 0. The molecule has 13 heavy (non-hydrogen) atoms. The van der Waals surface area contributed by atoms with Crippen LogP contribution in [-0.2, 0) is 0 Å². The minimum atomic E-state index is 0.267. The van der Waals surface area contributed by atoms with E-state index in [-0.39, 0.29) is 6.04 Å². The Balaban J connectivity index is 2.14. The average molecular weight is 287 g/mol. The van der Waals surface area contributed by atoms with Crippen LogP contribution in [0, 0.1) is 9.49 Å². The largest absolute Gasteiger partial charge is 0.324 e. The lowest BCUT2D eigenvalue weighted by Crippen LogP contribution is -2.26. The van der Waals surface area contributed by atoms with E-state index in [4.69, 9.17) is 5.73 Å². The number of rotatable bonds is 2. The predicted molar refractivity (Wildman–Crippen MR) is 63.4 cm³/mol. The third kappa shape index (κ3) is 2.05. The van der Waals surface area contributed by atoms with Gasteiger partial charge >= 0.3 is 0 Å². The second-order valence-electron chi connectivity index (χ2n) is 3.77. The molecule has 0 radical (unpaired) electrons. The Morgan fingerprint density at radius 1 is 1.38 bits per heavy atom. The van der Waals surface area contributed by atoms with E-state index in [0.717, 1.165) is 5.92 Å². The highest BCUT2D eigenvalue weighted by Gasteiger charge is 2.25. The second kappa shape index (κ2) is 3.96. The summed E-state index contributed by atoms with van der Waals surface area (Å²) < 4.78 is 1.28. The highest BCUT2D eigenvalue weighted by Crippen LogP contribution is 2.36. The molecular weight excluding hydrogens is 273 g/mol. The number of benzene rings is 1. The molecule has 0 aromatic heterocycles. The second-order valence-corrected chi connectivity index (χ2v) is 5.02. The van der Waals surface area contributed by atoms with Crippen LogP contribution in [0.4, 0.5) is 0 Å². The number of hydrogen-bond acceptors (Lipinski definition) is 1. The Morgan fingerprint density at radius 2 is 2.15 bits per heavy atom. The van der Waals surface area contributed by atoms with Gasteiger partial charge in [0, 0.05) is 9.61 Å². The van der Waals surface area contributed by atoms with Crippen LogP contribution in [-0.4, -0.2) is 0 Å². The maximum atomic E-state index is 6.17. The lowest BCUT2D eigenvalue weighted by atomic mass is 9.78. The quantitative estimate of drug-likeness (QED) is 0.831. The maximum absolute atomic E-state index is 6.17. The Kier molecular flexibility index (Phi) is 2.89. The summed E-state index contributed by atoms with van der Waals surface area (Å²) >= 11 is 2.34. The first-order chi connectivity index (χ1) is 6.27. The first-order valence-corrected chi connectivity index (χ1v) is 5.86. The zero-order valence-electron chi connectivity index (χ0n) is 7.54. The molecule has 1 aromatic rings. The monoisotopic (exact) mass is 287 g/mol. The Morgan fingerprint density at radius 3 is 2.69 bits per heavy atom. The molecule has 0 saturated heterocycles. The fourth-order valence-corrected chi connectivity index (χ4v) is 2.35. The van der Waals surface area contributed by atoms with Crippen LogP contribution in [0.3, 0.4) is 0 Å². The van der Waals surface area contributed by atoms with E-state index in [2.05, 4.69) is 46.9 Å². The molecule has 0 amide bonds. The van der Waals surface area contributed by atoms with Gasteiger partial charge in [0.25, 0.3) is 0 Å². The molecule has 1 aliphatic carbocycles. The normalized spacial score (nSPS) is 19.5. The van der Waals surface area contributed by atoms with E-state index >= 15 is 0 Å². The van der Waals surface area contributed by atoms with Gasteiger partial charge < -0.3 is 5.73 Å². The van der Waals surface area contributed by atoms with E-state index < -0.39 is 0 Å². The topological polar surface area (TPSA) is 26.0 Å². The standard InChI is InChI=1S/C11H14IN/c12-10-6-2-5-9(7-10)11(13)8-3-1-4-8/h2,5-8,11H,1,3-4,13H2/t11-/m0/s1. The summed E-state index contributed by atoms with van der Waals surface area (Å²) in [6, 6.07) is 8.81. The molecule has 1 aromatic carbocycles. The van der Waals surface area contributed by atoms with Gasteiger partial charge in [-0.15, -0.1) is 0 Å². The number of hydrogen-bond donors (Lipinski definition) is 1. The summed E-state index contributed by atoms with van der Waals surface area (Å²) in [6.45, 7) is 0. The molecule has 2 rings (SSSR count). The summed E-state index contributed by atoms with van der Waals surface area (Å²) in [6.07, 6.45) is 3.99. The summed E-state index contributed by atoms with van der Waals surface area (Å²) in [4.78, 5) is 0. The van der Waals surface area contributed by atoms with Crippen LogP contribution in [0.1, 0.15) is 30.9 Å². The Labute approximate surface area is 92.9 Å². The number of nitrogens with two attached hydrogens (primary N) is 1. The van der Waals surface area contributed by atoms with Crippen molar-refractivity contribution in [2.45, 2.75) is 25.3 Å². The molecule has 0 spiro atoms. The molecule has 0 unspecified atom stereocenters. The molecule has 0 bridgehead atoms. The van der Waals surface area contributed by atoms with E-state index in [0.29, 0.717) is 0 Å². The van der Waals surface area contributed by atoms with Gasteiger partial charge in [-0.3, -0.25) is 0 Å². The van der Waals surface area contributed by atoms with E-state index in [1.807, 2.05) is 0 Å². The molecule has 1 nitrogen and oxygen atoms in total. The van der Waals surface area contributed by atoms with Crippen molar-refractivity contribution < 1.29 is 0 Å². The van der Waals surface area contributed by atoms with E-state index in [1.165, 1.54) is 28.4 Å². The van der Waals surface area contributed by atoms with Gasteiger partial charge in [-0.1, -0.05) is 18.6 Å². The molecular formula is C11H14IN. The molecule has 1 saturated carbocycles. The van der Waals surface area contributed by atoms with Gasteiger partial charge in [0.05, 0.1) is 0 Å². The molecule has 1 aliphatic rings. The fourth-order valence-electron chi connectivity index (χ4n) is 1.79. The van der Waals surface area contributed by atoms with Gasteiger partial charge in [-0.25, -0.2) is 0 Å². The summed E-state index contributed by atoms with van der Waals surface area (Å²) in [5, 5.41) is 0. The highest BCUT2D eigenvalue weighted by atomic mass is 127. The fraction of sp³-hybridized carbons (Fsp3) is 0.455. The molecule has 2 N–H and O–H groups in total. The first kappa shape index (κ1) is 9.46. The Hall–Kier alpha value is -0.0900. The summed E-state index contributed by atoms with van der Waals surface area (Å²) in [5.74, 6) is 0.734. The molecule has 2 heteroatoms. The molecule has 0 heterocycles. The molecule has 1 fully saturated rings. The van der Waals surface area contributed by atoms with Crippen LogP contribution in [0.25, 0.3) is 0 Å². The van der Waals surface area contributed by atoms with Crippen molar-refractivity contribution in [2.75, 3.05) is 0 Å². The Bertz CT molecular complexity index is 294. The minimum Gasteiger partial charge on any atom is -0.324 e. The first-order valence-electron chi connectivity index (χ1n) is 4.78. The lowest BCUT2D eigenvalue weighted by Gasteiger charge is -2.31. The van der Waals surface area contributed by atoms with Crippen molar-refractivity contribution in [3.63, 3.8) is 0 Å². The SMILES string of the molecule is N[C@H](c1cccc(I)c1)C1CCC1. The zero-order valence-corrected chi connectivity index (χ0v) is 9.70. The number of halogens is 1. The van der Waals surface area contributed by atoms with E-state index in [1.54, 1.807) is 0 Å². The van der Waals surface area contributed by atoms with Crippen molar-refractivity contribution in [1.29, 1.82) is 0 Å². The predicted octanol–water partition coefficient (Wildman–Crippen LogP) is 3.09. The highest BCUT2D eigenvalue weighted by molar-refractivity contribution is 14.1. The van der Waals surface area contributed by atoms with Crippen molar-refractivity contribution in [1.82, 2.24) is 0 Å². The lowest BCUT2D eigenvalue weighted by molar-refractivity contribution is 0.264. The zero-order chi connectivity index (χ0) is 9.26. The van der Waals surface area contributed by atoms with Crippen LogP contribution in [0.2, 0.25) is 0 Å². The van der Waals surface area contributed by atoms with E-state index in [9.17, 15) is 0 Å². The van der Waals surface area contributed by atoms with Crippen molar-refractivity contribution in [3.05, 3.63) is 33.4 Å². The van der Waals surface area contributed by atoms with Gasteiger partial charge in [-0.05, 0) is 59.0 Å². The van der Waals surface area contributed by atoms with Gasteiger partial charge in [0.2, 0.25) is 0 Å². The van der Waals surface area contributed by atoms with Crippen LogP contribution in [0.5, 0.6) is 0 Å². The van der Waals surface area contributed by atoms with Crippen molar-refractivity contribution in [3.8, 4) is 0 Å². The third-order valence-corrected chi connectivity index (χ3v) is 3.56. The van der Waals surface area contributed by atoms with Crippen molar-refractivity contribution in [2.24, 2.45) is 11.7 Å². The smallest absolute Gasteiger partial charge is 0.0323 e. The van der Waals surface area contributed by atoms with Crippen LogP contribution in [0.15, 0.2) is 24.3 Å². The van der Waals surface area contributed by atoms with Gasteiger partial charge in [0.15, 0.2) is 0 Å². The average Bonchev–Trinajstić information content (AvgIpc) is 2.01. The minimum absolute atomic E-state index is 0.267. The maximum Gasteiger partial charge on any atom is 0.0323 e. The molecule has 70 valence electrons. The summed E-state index contributed by atoms with van der Waals surface area (Å²) in [5.41, 5.74) is 7.47. The molecule has 1 atom stereocenters. The van der Waals surface area contributed by atoms with Crippen molar-refractivity contribution >= 4 is 22.6 Å². The van der Waals surface area contributed by atoms with Gasteiger partial charge in [0.1, 0.15) is 0 Å². The van der Waals surface area contributed by atoms with Gasteiger partial charge in [-0.2, -0.15) is 0 Å². The third-order valence-electron chi connectivity index (χ3n) is 2.89.